The molecule has 2 atom stereocenters. The van der Waals surface area contributed by atoms with Crippen LogP contribution in [-0.2, 0) is 16.1 Å². The molecular formula is C31H45N5O3Si. The summed E-state index contributed by atoms with van der Waals surface area (Å²) in [5.41, 5.74) is 4.42. The molecule has 216 valence electrons. The van der Waals surface area contributed by atoms with E-state index in [1.165, 1.54) is 11.1 Å². The number of aliphatic imine (C=N–C) groups is 1. The number of aliphatic hydroxyl groups excluding tert-OH is 1. The summed E-state index contributed by atoms with van der Waals surface area (Å²) in [7, 11) is -2.09. The van der Waals surface area contributed by atoms with E-state index in [0.29, 0.717) is 23.2 Å². The zero-order chi connectivity index (χ0) is 29.4. The summed E-state index contributed by atoms with van der Waals surface area (Å²) >= 11 is 0. The van der Waals surface area contributed by atoms with Gasteiger partial charge in [0.25, 0.3) is 5.91 Å². The highest BCUT2D eigenvalue weighted by molar-refractivity contribution is 7.09. The van der Waals surface area contributed by atoms with Crippen LogP contribution in [0.15, 0.2) is 64.7 Å². The summed E-state index contributed by atoms with van der Waals surface area (Å²) in [6.07, 6.45) is 0.687. The first-order valence-corrected chi connectivity index (χ1v) is 16.4. The van der Waals surface area contributed by atoms with Gasteiger partial charge in [0.05, 0.1) is 18.9 Å². The zero-order valence-electron chi connectivity index (χ0n) is 24.7. The minimum Gasteiger partial charge on any atom is -0.391 e. The number of hydrogen-bond donors (Lipinski definition) is 3. The van der Waals surface area contributed by atoms with Crippen LogP contribution in [-0.4, -0.2) is 66.7 Å². The lowest BCUT2D eigenvalue weighted by molar-refractivity contribution is -0.133. The maximum absolute atomic E-state index is 13.1. The summed E-state index contributed by atoms with van der Waals surface area (Å²) in [4.78, 5) is 32.0. The van der Waals surface area contributed by atoms with Crippen LogP contribution in [0, 0.1) is 0 Å². The van der Waals surface area contributed by atoms with E-state index in [4.69, 9.17) is 5.84 Å². The second-order valence-electron chi connectivity index (χ2n) is 11.6. The standard InChI is InChI=1S/C31H45N5O3Si/c1-21(2)40(22(3)4,23(5)6)29(35-32)18-33-19-30(38)36-20-27(37)16-28(36)31(39)34-17-24-12-14-26(15-13-24)25-10-8-7-9-11-25/h7-15,19,21-23,27-28,37H,16-18,20,32H2,1-6H3,(H,34,39)/b33-19?,35-29-. The predicted octanol–water partition coefficient (Wildman–Crippen LogP) is 4.54. The molecule has 1 heterocycles. The molecule has 2 aromatic rings. The fourth-order valence-electron chi connectivity index (χ4n) is 6.63. The van der Waals surface area contributed by atoms with Crippen LogP contribution in [0.3, 0.4) is 0 Å². The van der Waals surface area contributed by atoms with Crippen molar-refractivity contribution in [2.75, 3.05) is 13.1 Å². The minimum atomic E-state index is -2.09. The van der Waals surface area contributed by atoms with E-state index in [1.54, 1.807) is 0 Å². The third-order valence-corrected chi connectivity index (χ3v) is 15.4. The molecule has 2 aromatic carbocycles. The Bertz CT molecular complexity index is 1170. The third-order valence-electron chi connectivity index (χ3n) is 8.36. The van der Waals surface area contributed by atoms with Crippen LogP contribution in [0.1, 0.15) is 53.5 Å². The molecule has 0 bridgehead atoms. The number of hydrogen-bond acceptors (Lipinski definition) is 6. The Morgan fingerprint density at radius 1 is 1.00 bits per heavy atom. The fourth-order valence-corrected chi connectivity index (χ4v) is 13.2. The van der Waals surface area contributed by atoms with Crippen LogP contribution >= 0.6 is 0 Å². The number of β-amino-alcohol motifs (C(OH)–C–C–N with tert-alkyl or cyclic N) is 1. The number of rotatable bonds is 11. The van der Waals surface area contributed by atoms with Crippen LogP contribution in [0.25, 0.3) is 11.1 Å². The molecule has 4 N–H and O–H groups in total. The quantitative estimate of drug-likeness (QED) is 0.161. The van der Waals surface area contributed by atoms with Crippen LogP contribution in [0.2, 0.25) is 16.6 Å². The minimum absolute atomic E-state index is 0.0925. The molecule has 1 aliphatic heterocycles. The Labute approximate surface area is 239 Å². The second-order valence-corrected chi connectivity index (χ2v) is 17.5. The van der Waals surface area contributed by atoms with Crippen LogP contribution < -0.4 is 11.2 Å². The summed E-state index contributed by atoms with van der Waals surface area (Å²) in [6, 6.07) is 17.3. The Balaban J connectivity index is 1.64. The van der Waals surface area contributed by atoms with Crippen molar-refractivity contribution in [3.05, 3.63) is 60.2 Å². The predicted molar refractivity (Wildman–Crippen MR) is 166 cm³/mol. The molecule has 0 spiro atoms. The van der Waals surface area contributed by atoms with Crippen molar-refractivity contribution in [3.63, 3.8) is 0 Å². The lowest BCUT2D eigenvalue weighted by Crippen LogP contribution is -2.54. The van der Waals surface area contributed by atoms with E-state index in [0.717, 1.165) is 22.0 Å². The number of likely N-dealkylation sites (tertiary alicyclic amines) is 1. The molecular weight excluding hydrogens is 518 g/mol. The number of carbonyl (C=O) groups is 2. The van der Waals surface area contributed by atoms with Gasteiger partial charge >= 0.3 is 0 Å². The zero-order valence-corrected chi connectivity index (χ0v) is 25.7. The second kappa shape index (κ2) is 13.9. The highest BCUT2D eigenvalue weighted by atomic mass is 28.3. The number of amides is 2. The molecule has 40 heavy (non-hydrogen) atoms. The van der Waals surface area contributed by atoms with E-state index in [2.05, 4.69) is 69.1 Å². The molecule has 3 rings (SSSR count). The summed E-state index contributed by atoms with van der Waals surface area (Å²) in [5, 5.41) is 18.3. The molecule has 9 heteroatoms. The summed E-state index contributed by atoms with van der Waals surface area (Å²) < 4.78 is 0. The van der Waals surface area contributed by atoms with Gasteiger partial charge in [0.1, 0.15) is 14.1 Å². The van der Waals surface area contributed by atoms with Crippen LogP contribution in [0.5, 0.6) is 0 Å². The fraction of sp³-hybridized carbons (Fsp3) is 0.484. The first-order valence-electron chi connectivity index (χ1n) is 14.2. The van der Waals surface area contributed by atoms with Crippen molar-refractivity contribution in [1.29, 1.82) is 0 Å². The van der Waals surface area contributed by atoms with Crippen LogP contribution in [0.4, 0.5) is 0 Å². The van der Waals surface area contributed by atoms with E-state index in [-0.39, 0.29) is 25.4 Å². The van der Waals surface area contributed by atoms with Gasteiger partial charge in [0, 0.05) is 24.8 Å². The molecule has 1 aliphatic rings. The Morgan fingerprint density at radius 3 is 2.12 bits per heavy atom. The van der Waals surface area contributed by atoms with Crippen molar-refractivity contribution in [2.24, 2.45) is 15.9 Å². The van der Waals surface area contributed by atoms with Gasteiger partial charge in [0.2, 0.25) is 5.91 Å². The average molecular weight is 564 g/mol. The van der Waals surface area contributed by atoms with Crippen molar-refractivity contribution in [3.8, 4) is 11.1 Å². The number of nitrogens with two attached hydrogens (primary N) is 1. The molecule has 2 amide bonds. The number of carbonyl (C=O) groups excluding carboxylic acids is 2. The molecule has 0 aromatic heterocycles. The Morgan fingerprint density at radius 2 is 1.57 bits per heavy atom. The molecule has 0 saturated carbocycles. The SMILES string of the molecule is CC(C)[Si](/C(CN=CC(=O)N1CC(O)CC1C(=O)NCc1ccc(-c2ccccc2)cc1)=N\N)(C(C)C)C(C)C. The highest BCUT2D eigenvalue weighted by Gasteiger charge is 2.47. The normalized spacial score (nSPS) is 18.4. The van der Waals surface area contributed by atoms with Gasteiger partial charge in [-0.3, -0.25) is 14.6 Å². The molecule has 8 nitrogen and oxygen atoms in total. The Kier molecular flexibility index (Phi) is 10.8. The third kappa shape index (κ3) is 6.88. The summed E-state index contributed by atoms with van der Waals surface area (Å²) in [5.74, 6) is 5.19. The van der Waals surface area contributed by atoms with Gasteiger partial charge in [0.15, 0.2) is 0 Å². The van der Waals surface area contributed by atoms with E-state index < -0.39 is 26.1 Å². The van der Waals surface area contributed by atoms with Crippen molar-refractivity contribution in [2.45, 2.75) is 83.3 Å². The molecule has 2 unspecified atom stereocenters. The smallest absolute Gasteiger partial charge is 0.265 e. The maximum Gasteiger partial charge on any atom is 0.265 e. The van der Waals surface area contributed by atoms with E-state index in [9.17, 15) is 14.7 Å². The molecule has 0 aliphatic carbocycles. The van der Waals surface area contributed by atoms with Gasteiger partial charge in [-0.05, 0) is 33.3 Å². The molecule has 1 saturated heterocycles. The van der Waals surface area contributed by atoms with E-state index in [1.807, 2.05) is 42.5 Å². The van der Waals surface area contributed by atoms with E-state index >= 15 is 0 Å². The van der Waals surface area contributed by atoms with Gasteiger partial charge < -0.3 is 21.2 Å². The lowest BCUT2D eigenvalue weighted by Gasteiger charge is -2.43. The summed E-state index contributed by atoms with van der Waals surface area (Å²) in [6.45, 7) is 14.0. The largest absolute Gasteiger partial charge is 0.391 e. The average Bonchev–Trinajstić information content (AvgIpc) is 3.33. The van der Waals surface area contributed by atoms with Gasteiger partial charge in [-0.2, -0.15) is 5.10 Å². The number of aliphatic hydroxyl groups is 1. The van der Waals surface area contributed by atoms with Crippen molar-refractivity contribution in [1.82, 2.24) is 10.2 Å². The Hall–Kier alpha value is -3.30. The number of nitrogens with one attached hydrogen (secondary N) is 1. The lowest BCUT2D eigenvalue weighted by atomic mass is 10.0. The topological polar surface area (TPSA) is 120 Å². The maximum atomic E-state index is 13.1. The van der Waals surface area contributed by atoms with Gasteiger partial charge in [-0.15, -0.1) is 0 Å². The van der Waals surface area contributed by atoms with Crippen molar-refractivity contribution < 1.29 is 14.7 Å². The molecule has 0 radical (unpaired) electrons. The molecule has 1 fully saturated rings. The highest BCUT2D eigenvalue weighted by Crippen LogP contribution is 2.42. The number of benzene rings is 2. The monoisotopic (exact) mass is 563 g/mol. The first-order chi connectivity index (χ1) is 19.0. The van der Waals surface area contributed by atoms with Gasteiger partial charge in [-0.25, -0.2) is 0 Å². The first kappa shape index (κ1) is 31.2. The van der Waals surface area contributed by atoms with Crippen molar-refractivity contribution >= 4 is 31.4 Å². The number of hydrazone groups is 1. The van der Waals surface area contributed by atoms with Gasteiger partial charge in [-0.1, -0.05) is 96.1 Å². The number of nitrogens with zero attached hydrogens (tertiary/aromatic N) is 3.